The van der Waals surface area contributed by atoms with Crippen LogP contribution in [0.25, 0.3) is 0 Å². The molecule has 0 N–H and O–H groups in total. The molecule has 2 rings (SSSR count). The first-order chi connectivity index (χ1) is 8.74. The van der Waals surface area contributed by atoms with Crippen LogP contribution in [0.2, 0.25) is 0 Å². The first-order valence-corrected chi connectivity index (χ1v) is 5.47. The predicted molar refractivity (Wildman–Crippen MR) is 67.5 cm³/mol. The maximum Gasteiger partial charge on any atom is 0.250 e. The standard InChI is InChI=1S/C14H12N2O2/c1-18-13-6-5-11(8-12(13)9-15)10-16-7-3-2-4-14(16)17/h2-8H,10H2,1H3. The van der Waals surface area contributed by atoms with Crippen LogP contribution in [0.15, 0.2) is 47.4 Å². The summed E-state index contributed by atoms with van der Waals surface area (Å²) in [5, 5.41) is 9.00. The van der Waals surface area contributed by atoms with Crippen LogP contribution in [0.1, 0.15) is 11.1 Å². The molecule has 0 spiro atoms. The topological polar surface area (TPSA) is 55.0 Å². The highest BCUT2D eigenvalue weighted by Gasteiger charge is 2.04. The van der Waals surface area contributed by atoms with Crippen molar-refractivity contribution in [2.45, 2.75) is 6.54 Å². The van der Waals surface area contributed by atoms with Gasteiger partial charge in [-0.05, 0) is 23.8 Å². The molecule has 1 heterocycles. The Kier molecular flexibility index (Phi) is 3.44. The third-order valence-corrected chi connectivity index (χ3v) is 2.64. The van der Waals surface area contributed by atoms with E-state index < -0.39 is 0 Å². The van der Waals surface area contributed by atoms with Crippen molar-refractivity contribution >= 4 is 0 Å². The highest BCUT2D eigenvalue weighted by Crippen LogP contribution is 2.18. The molecule has 18 heavy (non-hydrogen) atoms. The number of hydrogen-bond acceptors (Lipinski definition) is 3. The molecule has 2 aromatic rings. The van der Waals surface area contributed by atoms with Crippen LogP contribution in [-0.4, -0.2) is 11.7 Å². The van der Waals surface area contributed by atoms with Crippen LogP contribution in [-0.2, 0) is 6.54 Å². The van der Waals surface area contributed by atoms with E-state index in [0.29, 0.717) is 17.9 Å². The molecule has 0 saturated carbocycles. The zero-order valence-corrected chi connectivity index (χ0v) is 9.96. The quantitative estimate of drug-likeness (QED) is 0.821. The largest absolute Gasteiger partial charge is 0.495 e. The highest BCUT2D eigenvalue weighted by atomic mass is 16.5. The van der Waals surface area contributed by atoms with Crippen molar-refractivity contribution in [1.29, 1.82) is 5.26 Å². The summed E-state index contributed by atoms with van der Waals surface area (Å²) in [5.74, 6) is 0.543. The maximum atomic E-state index is 11.6. The molecule has 0 unspecified atom stereocenters. The molecular formula is C14H12N2O2. The summed E-state index contributed by atoms with van der Waals surface area (Å²) in [6, 6.07) is 12.4. The Morgan fingerprint density at radius 2 is 2.17 bits per heavy atom. The monoisotopic (exact) mass is 240 g/mol. The van der Waals surface area contributed by atoms with E-state index in [1.165, 1.54) is 13.2 Å². The number of rotatable bonds is 3. The van der Waals surface area contributed by atoms with Crippen LogP contribution in [0.3, 0.4) is 0 Å². The van der Waals surface area contributed by atoms with Gasteiger partial charge in [0.15, 0.2) is 0 Å². The van der Waals surface area contributed by atoms with Gasteiger partial charge in [0.2, 0.25) is 0 Å². The van der Waals surface area contributed by atoms with E-state index in [1.54, 1.807) is 35.0 Å². The molecule has 0 aliphatic rings. The number of nitrogens with zero attached hydrogens (tertiary/aromatic N) is 2. The Morgan fingerprint density at radius 1 is 1.33 bits per heavy atom. The van der Waals surface area contributed by atoms with Gasteiger partial charge in [0.25, 0.3) is 5.56 Å². The molecule has 0 aliphatic heterocycles. The second kappa shape index (κ2) is 5.19. The fraction of sp³-hybridized carbons (Fsp3) is 0.143. The molecule has 1 aromatic carbocycles. The minimum absolute atomic E-state index is 0.0631. The summed E-state index contributed by atoms with van der Waals surface area (Å²) in [6.07, 6.45) is 1.72. The smallest absolute Gasteiger partial charge is 0.250 e. The van der Waals surface area contributed by atoms with Gasteiger partial charge >= 0.3 is 0 Å². The number of methoxy groups -OCH3 is 1. The van der Waals surface area contributed by atoms with E-state index in [0.717, 1.165) is 5.56 Å². The normalized spacial score (nSPS) is 9.78. The minimum atomic E-state index is -0.0631. The summed E-state index contributed by atoms with van der Waals surface area (Å²) >= 11 is 0. The molecule has 0 aliphatic carbocycles. The Bertz CT molecular complexity index is 653. The first kappa shape index (κ1) is 11.9. The number of hydrogen-bond donors (Lipinski definition) is 0. The number of ether oxygens (including phenoxy) is 1. The zero-order valence-electron chi connectivity index (χ0n) is 9.96. The van der Waals surface area contributed by atoms with E-state index in [-0.39, 0.29) is 5.56 Å². The lowest BCUT2D eigenvalue weighted by atomic mass is 10.1. The molecule has 90 valence electrons. The van der Waals surface area contributed by atoms with Gasteiger partial charge in [0.1, 0.15) is 11.8 Å². The summed E-state index contributed by atoms with van der Waals surface area (Å²) in [4.78, 5) is 11.6. The average molecular weight is 240 g/mol. The molecule has 0 saturated heterocycles. The van der Waals surface area contributed by atoms with E-state index in [9.17, 15) is 4.79 Å². The van der Waals surface area contributed by atoms with Crippen molar-refractivity contribution in [2.75, 3.05) is 7.11 Å². The summed E-state index contributed by atoms with van der Waals surface area (Å²) in [6.45, 7) is 0.443. The van der Waals surface area contributed by atoms with Gasteiger partial charge in [-0.1, -0.05) is 12.1 Å². The Hall–Kier alpha value is -2.54. The summed E-state index contributed by atoms with van der Waals surface area (Å²) < 4.78 is 6.66. The second-order valence-electron chi connectivity index (χ2n) is 3.81. The number of benzene rings is 1. The van der Waals surface area contributed by atoms with Gasteiger partial charge in [-0.2, -0.15) is 5.26 Å². The van der Waals surface area contributed by atoms with Gasteiger partial charge in [0, 0.05) is 12.3 Å². The fourth-order valence-corrected chi connectivity index (χ4v) is 1.73. The minimum Gasteiger partial charge on any atom is -0.495 e. The van der Waals surface area contributed by atoms with Crippen LogP contribution in [0.4, 0.5) is 0 Å². The summed E-state index contributed by atoms with van der Waals surface area (Å²) in [7, 11) is 1.53. The molecule has 0 radical (unpaired) electrons. The summed E-state index contributed by atoms with van der Waals surface area (Å²) in [5.41, 5.74) is 1.30. The van der Waals surface area contributed by atoms with Crippen molar-refractivity contribution < 1.29 is 4.74 Å². The lowest BCUT2D eigenvalue weighted by molar-refractivity contribution is 0.413. The van der Waals surface area contributed by atoms with Crippen LogP contribution in [0.5, 0.6) is 5.75 Å². The second-order valence-corrected chi connectivity index (χ2v) is 3.81. The predicted octanol–water partition coefficient (Wildman–Crippen LogP) is 1.78. The van der Waals surface area contributed by atoms with Gasteiger partial charge in [-0.25, -0.2) is 0 Å². The van der Waals surface area contributed by atoms with Crippen molar-refractivity contribution in [1.82, 2.24) is 4.57 Å². The first-order valence-electron chi connectivity index (χ1n) is 5.47. The molecule has 0 fully saturated rings. The molecule has 4 nitrogen and oxygen atoms in total. The van der Waals surface area contributed by atoms with E-state index in [2.05, 4.69) is 6.07 Å². The lowest BCUT2D eigenvalue weighted by Crippen LogP contribution is -2.18. The molecule has 0 bridgehead atoms. The molecule has 0 amide bonds. The van der Waals surface area contributed by atoms with E-state index in [4.69, 9.17) is 10.00 Å². The van der Waals surface area contributed by atoms with Gasteiger partial charge in [-0.3, -0.25) is 4.79 Å². The molecule has 1 aromatic heterocycles. The third-order valence-electron chi connectivity index (χ3n) is 2.64. The van der Waals surface area contributed by atoms with E-state index >= 15 is 0 Å². The van der Waals surface area contributed by atoms with Crippen LogP contribution < -0.4 is 10.3 Å². The van der Waals surface area contributed by atoms with Crippen molar-refractivity contribution in [3.05, 3.63) is 64.1 Å². The SMILES string of the molecule is COc1ccc(Cn2ccccc2=O)cc1C#N. The average Bonchev–Trinajstić information content (AvgIpc) is 2.41. The number of pyridine rings is 1. The number of aromatic nitrogens is 1. The van der Waals surface area contributed by atoms with Crippen LogP contribution in [0, 0.1) is 11.3 Å². The number of nitriles is 1. The third kappa shape index (κ3) is 2.41. The highest BCUT2D eigenvalue weighted by molar-refractivity contribution is 5.45. The maximum absolute atomic E-state index is 11.6. The van der Waals surface area contributed by atoms with Gasteiger partial charge in [-0.15, -0.1) is 0 Å². The van der Waals surface area contributed by atoms with Crippen molar-refractivity contribution in [2.24, 2.45) is 0 Å². The van der Waals surface area contributed by atoms with Crippen LogP contribution >= 0.6 is 0 Å². The fourth-order valence-electron chi connectivity index (χ4n) is 1.73. The Labute approximate surface area is 105 Å². The zero-order chi connectivity index (χ0) is 13.0. The molecule has 4 heteroatoms. The van der Waals surface area contributed by atoms with E-state index in [1.807, 2.05) is 6.07 Å². The lowest BCUT2D eigenvalue weighted by Gasteiger charge is -2.07. The van der Waals surface area contributed by atoms with Crippen molar-refractivity contribution in [3.8, 4) is 11.8 Å². The Balaban J connectivity index is 2.34. The Morgan fingerprint density at radius 3 is 2.83 bits per heavy atom. The molecular weight excluding hydrogens is 228 g/mol. The van der Waals surface area contributed by atoms with Gasteiger partial charge < -0.3 is 9.30 Å². The van der Waals surface area contributed by atoms with Gasteiger partial charge in [0.05, 0.1) is 19.2 Å². The molecule has 0 atom stereocenters. The van der Waals surface area contributed by atoms with Crippen molar-refractivity contribution in [3.63, 3.8) is 0 Å².